The molecule has 4 rings (SSSR count). The van der Waals surface area contributed by atoms with Crippen LogP contribution in [-0.2, 0) is 0 Å². The smallest absolute Gasteiger partial charge is 0.141 e. The number of nitriles is 1. The summed E-state index contributed by atoms with van der Waals surface area (Å²) in [6, 6.07) is 9.56. The van der Waals surface area contributed by atoms with Crippen molar-refractivity contribution in [2.24, 2.45) is 5.41 Å². The molecule has 28 heavy (non-hydrogen) atoms. The van der Waals surface area contributed by atoms with E-state index >= 15 is 0 Å². The van der Waals surface area contributed by atoms with Gasteiger partial charge in [0.1, 0.15) is 17.4 Å². The van der Waals surface area contributed by atoms with Gasteiger partial charge in [-0.2, -0.15) is 5.26 Å². The third-order valence-corrected chi connectivity index (χ3v) is 5.59. The van der Waals surface area contributed by atoms with Crippen molar-refractivity contribution in [2.45, 2.75) is 26.2 Å². The van der Waals surface area contributed by atoms with Gasteiger partial charge >= 0.3 is 0 Å². The molecule has 6 heteroatoms. The molecule has 3 heterocycles. The molecular formula is C22H22N6. The van der Waals surface area contributed by atoms with Crippen LogP contribution in [-0.4, -0.2) is 27.1 Å². The zero-order chi connectivity index (χ0) is 19.6. The number of hydrogen-bond donors (Lipinski definition) is 2. The highest BCUT2D eigenvalue weighted by molar-refractivity contribution is 6.10. The van der Waals surface area contributed by atoms with Gasteiger partial charge in [-0.05, 0) is 48.9 Å². The third kappa shape index (κ3) is 3.39. The number of imidazole rings is 1. The van der Waals surface area contributed by atoms with Crippen LogP contribution in [0.25, 0.3) is 22.5 Å². The predicted molar refractivity (Wildman–Crippen MR) is 110 cm³/mol. The fourth-order valence-corrected chi connectivity index (χ4v) is 3.44. The molecule has 0 spiro atoms. The van der Waals surface area contributed by atoms with Gasteiger partial charge in [0.15, 0.2) is 0 Å². The fraction of sp³-hybridized carbons (Fsp3) is 0.273. The maximum Gasteiger partial charge on any atom is 0.141 e. The first-order chi connectivity index (χ1) is 13.7. The monoisotopic (exact) mass is 370 g/mol. The van der Waals surface area contributed by atoms with Gasteiger partial charge in [-0.1, -0.05) is 6.92 Å². The standard InChI is InChI=1S/C22H22N6/c1-2-22(6-7-22)15-25-14-17(12-23)19-4-3-18(13-24)27-21(19)16-5-9-28-10-8-26-20(28)11-16/h3-5,8-12,14,23,25H,2,6-7,15H2,1H3/b17-14+,23-12?. The normalized spacial score (nSPS) is 15.2. The maximum absolute atomic E-state index is 9.30. The molecule has 0 saturated heterocycles. The van der Waals surface area contributed by atoms with Gasteiger partial charge in [0, 0.05) is 54.2 Å². The summed E-state index contributed by atoms with van der Waals surface area (Å²) in [5.74, 6) is 0. The second kappa shape index (κ2) is 7.28. The molecule has 0 unspecified atom stereocenters. The van der Waals surface area contributed by atoms with E-state index in [9.17, 15) is 5.26 Å². The second-order valence-corrected chi connectivity index (χ2v) is 7.29. The molecule has 0 bridgehead atoms. The van der Waals surface area contributed by atoms with Gasteiger partial charge < -0.3 is 15.1 Å². The first kappa shape index (κ1) is 17.9. The molecule has 0 atom stereocenters. The van der Waals surface area contributed by atoms with E-state index in [0.717, 1.165) is 28.9 Å². The van der Waals surface area contributed by atoms with Crippen LogP contribution in [0.4, 0.5) is 0 Å². The Morgan fingerprint density at radius 3 is 2.93 bits per heavy atom. The van der Waals surface area contributed by atoms with Gasteiger partial charge in [-0.25, -0.2) is 9.97 Å². The molecular weight excluding hydrogens is 348 g/mol. The number of aromatic nitrogens is 3. The molecule has 3 aromatic rings. The summed E-state index contributed by atoms with van der Waals surface area (Å²) >= 11 is 0. The van der Waals surface area contributed by atoms with Crippen LogP contribution in [0.15, 0.2) is 49.1 Å². The van der Waals surface area contributed by atoms with Crippen molar-refractivity contribution in [1.82, 2.24) is 19.7 Å². The van der Waals surface area contributed by atoms with Gasteiger partial charge in [0.25, 0.3) is 0 Å². The van der Waals surface area contributed by atoms with E-state index in [1.807, 2.05) is 41.2 Å². The van der Waals surface area contributed by atoms with Crippen molar-refractivity contribution < 1.29 is 0 Å². The van der Waals surface area contributed by atoms with Crippen LogP contribution >= 0.6 is 0 Å². The second-order valence-electron chi connectivity index (χ2n) is 7.29. The molecule has 1 aliphatic rings. The molecule has 1 fully saturated rings. The SMILES string of the molecule is CCC1(CN/C=C(\C=N)c2ccc(C#N)nc2-c2ccn3ccnc3c2)CC1. The minimum atomic E-state index is 0.349. The summed E-state index contributed by atoms with van der Waals surface area (Å²) in [6.45, 7) is 3.14. The van der Waals surface area contributed by atoms with Crippen LogP contribution in [0.2, 0.25) is 0 Å². The first-order valence-electron chi connectivity index (χ1n) is 9.47. The Labute approximate surface area is 164 Å². The van der Waals surface area contributed by atoms with Crippen LogP contribution in [0, 0.1) is 22.2 Å². The summed E-state index contributed by atoms with van der Waals surface area (Å²) < 4.78 is 1.92. The predicted octanol–water partition coefficient (Wildman–Crippen LogP) is 4.04. The number of nitrogens with zero attached hydrogens (tertiary/aromatic N) is 4. The molecule has 0 aromatic carbocycles. The average Bonchev–Trinajstić information content (AvgIpc) is 3.37. The quantitative estimate of drug-likeness (QED) is 0.614. The van der Waals surface area contributed by atoms with Gasteiger partial charge in [0.2, 0.25) is 0 Å². The highest BCUT2D eigenvalue weighted by Crippen LogP contribution is 2.47. The Morgan fingerprint density at radius 2 is 2.21 bits per heavy atom. The summed E-state index contributed by atoms with van der Waals surface area (Å²) in [4.78, 5) is 8.87. The van der Waals surface area contributed by atoms with Crippen molar-refractivity contribution in [3.8, 4) is 17.3 Å². The van der Waals surface area contributed by atoms with E-state index in [2.05, 4.69) is 28.3 Å². The third-order valence-electron chi connectivity index (χ3n) is 5.59. The molecule has 2 N–H and O–H groups in total. The van der Waals surface area contributed by atoms with E-state index in [1.54, 1.807) is 12.3 Å². The number of nitrogens with one attached hydrogen (secondary N) is 2. The number of allylic oxidation sites excluding steroid dienone is 1. The van der Waals surface area contributed by atoms with E-state index in [1.165, 1.54) is 25.5 Å². The van der Waals surface area contributed by atoms with Crippen molar-refractivity contribution in [3.05, 3.63) is 60.3 Å². The van der Waals surface area contributed by atoms with E-state index in [-0.39, 0.29) is 0 Å². The van der Waals surface area contributed by atoms with E-state index in [0.29, 0.717) is 16.8 Å². The lowest BCUT2D eigenvalue weighted by Gasteiger charge is -2.14. The Balaban J connectivity index is 1.73. The highest BCUT2D eigenvalue weighted by Gasteiger charge is 2.39. The van der Waals surface area contributed by atoms with Crippen LogP contribution in [0.5, 0.6) is 0 Å². The van der Waals surface area contributed by atoms with Gasteiger partial charge in [0.05, 0.1) is 5.69 Å². The first-order valence-corrected chi connectivity index (χ1v) is 9.47. The molecule has 1 saturated carbocycles. The lowest BCUT2D eigenvalue weighted by atomic mass is 10.00. The zero-order valence-electron chi connectivity index (χ0n) is 15.8. The number of hydrogen-bond acceptors (Lipinski definition) is 5. The maximum atomic E-state index is 9.30. The van der Waals surface area contributed by atoms with Crippen LogP contribution in [0.1, 0.15) is 37.4 Å². The van der Waals surface area contributed by atoms with Crippen LogP contribution in [0.3, 0.4) is 0 Å². The fourth-order valence-electron chi connectivity index (χ4n) is 3.44. The van der Waals surface area contributed by atoms with Crippen molar-refractivity contribution in [2.75, 3.05) is 6.54 Å². The summed E-state index contributed by atoms with van der Waals surface area (Å²) in [7, 11) is 0. The zero-order valence-corrected chi connectivity index (χ0v) is 15.8. The lowest BCUT2D eigenvalue weighted by molar-refractivity contribution is 0.474. The number of rotatable bonds is 7. The molecule has 140 valence electrons. The van der Waals surface area contributed by atoms with E-state index < -0.39 is 0 Å². The Bertz CT molecular complexity index is 1100. The molecule has 3 aromatic heterocycles. The molecule has 0 amide bonds. The molecule has 0 aliphatic heterocycles. The van der Waals surface area contributed by atoms with Crippen molar-refractivity contribution in [1.29, 1.82) is 10.7 Å². The molecule has 0 radical (unpaired) electrons. The summed E-state index contributed by atoms with van der Waals surface area (Å²) in [5, 5.41) is 20.6. The van der Waals surface area contributed by atoms with Crippen molar-refractivity contribution in [3.63, 3.8) is 0 Å². The topological polar surface area (TPSA) is 89.9 Å². The highest BCUT2D eigenvalue weighted by atomic mass is 15.0. The molecule has 6 nitrogen and oxygen atoms in total. The average molecular weight is 370 g/mol. The summed E-state index contributed by atoms with van der Waals surface area (Å²) in [6.07, 6.45) is 12.5. The summed E-state index contributed by atoms with van der Waals surface area (Å²) in [5.41, 5.74) is 4.68. The largest absolute Gasteiger partial charge is 0.390 e. The Morgan fingerprint density at radius 1 is 1.36 bits per heavy atom. The lowest BCUT2D eigenvalue weighted by Crippen LogP contribution is -2.19. The number of fused-ring (bicyclic) bond motifs is 1. The Hall–Kier alpha value is -3.46. The minimum Gasteiger partial charge on any atom is -0.390 e. The minimum absolute atomic E-state index is 0.349. The van der Waals surface area contributed by atoms with Crippen LogP contribution < -0.4 is 5.32 Å². The van der Waals surface area contributed by atoms with Gasteiger partial charge in [-0.15, -0.1) is 0 Å². The van der Waals surface area contributed by atoms with E-state index in [4.69, 9.17) is 5.41 Å². The Kier molecular flexibility index (Phi) is 4.66. The number of pyridine rings is 2. The molecule has 1 aliphatic carbocycles. The van der Waals surface area contributed by atoms with Gasteiger partial charge in [-0.3, -0.25) is 0 Å². The van der Waals surface area contributed by atoms with Crippen molar-refractivity contribution >= 4 is 17.4 Å².